The summed E-state index contributed by atoms with van der Waals surface area (Å²) in [4.78, 5) is 16.3. The summed E-state index contributed by atoms with van der Waals surface area (Å²) in [6, 6.07) is 0. The van der Waals surface area contributed by atoms with E-state index in [1.54, 1.807) is 0 Å². The van der Waals surface area contributed by atoms with E-state index >= 15 is 0 Å². The molecule has 0 spiro atoms. The lowest BCUT2D eigenvalue weighted by molar-refractivity contribution is -0.126. The summed E-state index contributed by atoms with van der Waals surface area (Å²) in [5, 5.41) is 6.57. The molecule has 0 amide bonds. The molecule has 4 heteroatoms. The zero-order valence-corrected chi connectivity index (χ0v) is 10.5. The highest BCUT2D eigenvalue weighted by molar-refractivity contribution is 5.91. The second kappa shape index (κ2) is 4.60. The van der Waals surface area contributed by atoms with Gasteiger partial charge in [0.2, 0.25) is 0 Å². The highest BCUT2D eigenvalue weighted by Crippen LogP contribution is 2.27. The van der Waals surface area contributed by atoms with Crippen LogP contribution >= 0.6 is 0 Å². The number of carbonyl (C=O) groups is 1. The van der Waals surface area contributed by atoms with E-state index < -0.39 is 0 Å². The third-order valence-corrected chi connectivity index (χ3v) is 2.25. The predicted molar refractivity (Wildman–Crippen MR) is 63.0 cm³/mol. The Morgan fingerprint density at radius 3 is 2.44 bits per heavy atom. The van der Waals surface area contributed by atoms with Gasteiger partial charge in [0.15, 0.2) is 5.78 Å². The smallest absolute Gasteiger partial charge is 0.152 e. The Bertz CT molecular complexity index is 381. The molecule has 88 valence electrons. The van der Waals surface area contributed by atoms with E-state index in [4.69, 9.17) is 0 Å². The fourth-order valence-electron chi connectivity index (χ4n) is 1.44. The Balaban J connectivity index is 3.08. The van der Waals surface area contributed by atoms with E-state index in [1.807, 2.05) is 40.7 Å². The average molecular weight is 221 g/mol. The standard InChI is InChI=1S/C12H19N3O/c1-8(2)6-9(10(16)12(3,4)5)11-13-7-14-15-11/h6-7,9H,1-5H3,(H,13,14,15). The summed E-state index contributed by atoms with van der Waals surface area (Å²) in [5.41, 5.74) is 0.711. The van der Waals surface area contributed by atoms with Gasteiger partial charge in [-0.3, -0.25) is 9.89 Å². The molecule has 0 fully saturated rings. The van der Waals surface area contributed by atoms with Gasteiger partial charge in [0, 0.05) is 5.41 Å². The van der Waals surface area contributed by atoms with Crippen LogP contribution in [0.25, 0.3) is 0 Å². The third kappa shape index (κ3) is 3.02. The minimum absolute atomic E-state index is 0.144. The number of hydrogen-bond donors (Lipinski definition) is 1. The molecule has 0 saturated heterocycles. The molecule has 1 aromatic rings. The number of aromatic amines is 1. The Morgan fingerprint density at radius 2 is 2.06 bits per heavy atom. The summed E-state index contributed by atoms with van der Waals surface area (Å²) < 4.78 is 0. The fourth-order valence-corrected chi connectivity index (χ4v) is 1.44. The highest BCUT2D eigenvalue weighted by Gasteiger charge is 2.30. The molecule has 1 rings (SSSR count). The lowest BCUT2D eigenvalue weighted by Gasteiger charge is -2.21. The molecule has 0 radical (unpaired) electrons. The molecule has 16 heavy (non-hydrogen) atoms. The SMILES string of the molecule is CC(C)=CC(C(=O)C(C)(C)C)c1ncn[nH]1. The minimum atomic E-state index is -0.386. The number of hydrogen-bond acceptors (Lipinski definition) is 3. The van der Waals surface area contributed by atoms with Crippen LogP contribution in [0.3, 0.4) is 0 Å². The van der Waals surface area contributed by atoms with E-state index in [1.165, 1.54) is 6.33 Å². The van der Waals surface area contributed by atoms with Crippen molar-refractivity contribution in [1.82, 2.24) is 15.2 Å². The van der Waals surface area contributed by atoms with E-state index in [0.29, 0.717) is 5.82 Å². The van der Waals surface area contributed by atoms with Crippen molar-refractivity contribution < 1.29 is 4.79 Å². The van der Waals surface area contributed by atoms with Crippen molar-refractivity contribution in [3.63, 3.8) is 0 Å². The quantitative estimate of drug-likeness (QED) is 0.798. The second-order valence-electron chi connectivity index (χ2n) is 5.21. The normalized spacial score (nSPS) is 13.3. The summed E-state index contributed by atoms with van der Waals surface area (Å²) >= 11 is 0. The first-order chi connectivity index (χ1) is 7.32. The lowest BCUT2D eigenvalue weighted by Crippen LogP contribution is -2.26. The molecule has 1 heterocycles. The number of H-pyrrole nitrogens is 1. The zero-order chi connectivity index (χ0) is 12.3. The molecule has 1 N–H and O–H groups in total. The number of allylic oxidation sites excluding steroid dienone is 2. The fraction of sp³-hybridized carbons (Fsp3) is 0.583. The second-order valence-corrected chi connectivity index (χ2v) is 5.21. The van der Waals surface area contributed by atoms with Crippen LogP contribution < -0.4 is 0 Å². The van der Waals surface area contributed by atoms with Crippen LogP contribution in [-0.4, -0.2) is 21.0 Å². The molecule has 0 aromatic carbocycles. The monoisotopic (exact) mass is 221 g/mol. The van der Waals surface area contributed by atoms with E-state index in [9.17, 15) is 4.79 Å². The van der Waals surface area contributed by atoms with Crippen molar-refractivity contribution in [3.8, 4) is 0 Å². The van der Waals surface area contributed by atoms with Crippen LogP contribution in [0.1, 0.15) is 46.4 Å². The number of rotatable bonds is 3. The first-order valence-corrected chi connectivity index (χ1v) is 5.37. The van der Waals surface area contributed by atoms with Gasteiger partial charge in [0.1, 0.15) is 12.2 Å². The van der Waals surface area contributed by atoms with Crippen LogP contribution in [0.5, 0.6) is 0 Å². The van der Waals surface area contributed by atoms with Crippen molar-refractivity contribution in [2.75, 3.05) is 0 Å². The molecule has 1 unspecified atom stereocenters. The summed E-state index contributed by atoms with van der Waals surface area (Å²) in [5.74, 6) is 0.430. The molecule has 0 aliphatic rings. The topological polar surface area (TPSA) is 58.6 Å². The first kappa shape index (κ1) is 12.6. The largest absolute Gasteiger partial charge is 0.298 e. The maximum atomic E-state index is 12.3. The minimum Gasteiger partial charge on any atom is -0.298 e. The summed E-state index contributed by atoms with van der Waals surface area (Å²) in [7, 11) is 0. The molecule has 0 bridgehead atoms. The van der Waals surface area contributed by atoms with Gasteiger partial charge in [0.05, 0.1) is 5.92 Å². The molecular formula is C12H19N3O. The number of ketones is 1. The maximum Gasteiger partial charge on any atom is 0.152 e. The van der Waals surface area contributed by atoms with Gasteiger partial charge in [-0.05, 0) is 13.8 Å². The van der Waals surface area contributed by atoms with E-state index in [-0.39, 0.29) is 17.1 Å². The van der Waals surface area contributed by atoms with Crippen molar-refractivity contribution in [2.45, 2.75) is 40.5 Å². The van der Waals surface area contributed by atoms with Gasteiger partial charge in [0.25, 0.3) is 0 Å². The molecule has 1 atom stereocenters. The van der Waals surface area contributed by atoms with Gasteiger partial charge in [-0.15, -0.1) is 0 Å². The Morgan fingerprint density at radius 1 is 1.44 bits per heavy atom. The maximum absolute atomic E-state index is 12.3. The van der Waals surface area contributed by atoms with Crippen LogP contribution in [-0.2, 0) is 4.79 Å². The van der Waals surface area contributed by atoms with Crippen LogP contribution in [0.15, 0.2) is 18.0 Å². The number of aromatic nitrogens is 3. The Labute approximate surface area is 96.2 Å². The van der Waals surface area contributed by atoms with Crippen molar-refractivity contribution in [2.24, 2.45) is 5.41 Å². The first-order valence-electron chi connectivity index (χ1n) is 5.37. The highest BCUT2D eigenvalue weighted by atomic mass is 16.1. The summed E-state index contributed by atoms with van der Waals surface area (Å²) in [6.45, 7) is 9.69. The molecular weight excluding hydrogens is 202 g/mol. The predicted octanol–water partition coefficient (Wildman–Crippen LogP) is 2.47. The summed E-state index contributed by atoms with van der Waals surface area (Å²) in [6.07, 6.45) is 3.35. The van der Waals surface area contributed by atoms with Crippen LogP contribution in [0.4, 0.5) is 0 Å². The molecule has 0 aliphatic heterocycles. The number of carbonyl (C=O) groups excluding carboxylic acids is 1. The molecule has 4 nitrogen and oxygen atoms in total. The Hall–Kier alpha value is -1.45. The van der Waals surface area contributed by atoms with Gasteiger partial charge in [-0.1, -0.05) is 32.4 Å². The van der Waals surface area contributed by atoms with Crippen molar-refractivity contribution in [1.29, 1.82) is 0 Å². The Kier molecular flexibility index (Phi) is 3.62. The van der Waals surface area contributed by atoms with Gasteiger partial charge in [-0.25, -0.2) is 4.98 Å². The average Bonchev–Trinajstić information content (AvgIpc) is 2.63. The van der Waals surface area contributed by atoms with E-state index in [0.717, 1.165) is 5.57 Å². The van der Waals surface area contributed by atoms with Crippen LogP contribution in [0.2, 0.25) is 0 Å². The van der Waals surface area contributed by atoms with Crippen molar-refractivity contribution >= 4 is 5.78 Å². The lowest BCUT2D eigenvalue weighted by atomic mass is 9.82. The zero-order valence-electron chi connectivity index (χ0n) is 10.5. The van der Waals surface area contributed by atoms with Gasteiger partial charge in [-0.2, -0.15) is 5.10 Å². The van der Waals surface area contributed by atoms with Gasteiger partial charge < -0.3 is 0 Å². The molecule has 0 saturated carbocycles. The number of Topliss-reactive ketones (excluding diaryl/α,β-unsaturated/α-hetero) is 1. The third-order valence-electron chi connectivity index (χ3n) is 2.25. The number of nitrogens with zero attached hydrogens (tertiary/aromatic N) is 2. The van der Waals surface area contributed by atoms with Gasteiger partial charge >= 0.3 is 0 Å². The van der Waals surface area contributed by atoms with Crippen LogP contribution in [0, 0.1) is 5.41 Å². The van der Waals surface area contributed by atoms with E-state index in [2.05, 4.69) is 15.2 Å². The van der Waals surface area contributed by atoms with Crippen molar-refractivity contribution in [3.05, 3.63) is 23.8 Å². The molecule has 1 aromatic heterocycles. The number of nitrogens with one attached hydrogen (secondary N) is 1. The molecule has 0 aliphatic carbocycles.